The summed E-state index contributed by atoms with van der Waals surface area (Å²) in [6, 6.07) is 12.1. The fourth-order valence-electron chi connectivity index (χ4n) is 3.15. The molecule has 1 aromatic carbocycles. The third-order valence-corrected chi connectivity index (χ3v) is 4.58. The summed E-state index contributed by atoms with van der Waals surface area (Å²) in [4.78, 5) is 14.9. The molecule has 2 heterocycles. The van der Waals surface area contributed by atoms with Crippen LogP contribution in [0, 0.1) is 0 Å². The lowest BCUT2D eigenvalue weighted by Crippen LogP contribution is -2.44. The van der Waals surface area contributed by atoms with Crippen molar-refractivity contribution < 1.29 is 4.79 Å². The quantitative estimate of drug-likeness (QED) is 0.921. The molecule has 1 N–H and O–H groups in total. The number of hydrogen-bond acceptors (Lipinski definition) is 2. The molecule has 122 valence electrons. The van der Waals surface area contributed by atoms with Crippen molar-refractivity contribution in [2.45, 2.75) is 32.2 Å². The van der Waals surface area contributed by atoms with E-state index in [0.29, 0.717) is 18.2 Å². The molecule has 1 saturated heterocycles. The summed E-state index contributed by atoms with van der Waals surface area (Å²) in [5.74, 6) is 0.00265. The fraction of sp³-hybridized carbons (Fsp3) is 0.421. The van der Waals surface area contributed by atoms with Crippen LogP contribution in [0.15, 0.2) is 48.8 Å². The summed E-state index contributed by atoms with van der Waals surface area (Å²) in [5, 5.41) is 3.08. The van der Waals surface area contributed by atoms with Crippen molar-refractivity contribution in [1.82, 2.24) is 14.8 Å². The number of hydrogen-bond donors (Lipinski definition) is 1. The van der Waals surface area contributed by atoms with E-state index >= 15 is 0 Å². The number of carbonyl (C=O) groups is 1. The van der Waals surface area contributed by atoms with Gasteiger partial charge in [0.05, 0.1) is 0 Å². The maximum atomic E-state index is 12.4. The molecule has 23 heavy (non-hydrogen) atoms. The predicted molar refractivity (Wildman–Crippen MR) is 93.0 cm³/mol. The molecule has 4 heteroatoms. The highest BCUT2D eigenvalue weighted by Gasteiger charge is 2.17. The number of likely N-dealkylation sites (tertiary alicyclic amines) is 1. The largest absolute Gasteiger partial charge is 0.350 e. The van der Waals surface area contributed by atoms with E-state index in [1.807, 2.05) is 53.4 Å². The van der Waals surface area contributed by atoms with Crippen molar-refractivity contribution in [3.8, 4) is 5.69 Å². The van der Waals surface area contributed by atoms with Gasteiger partial charge >= 0.3 is 0 Å². The molecule has 0 bridgehead atoms. The maximum Gasteiger partial charge on any atom is 0.251 e. The lowest BCUT2D eigenvalue weighted by atomic mass is 10.1. The highest BCUT2D eigenvalue weighted by atomic mass is 16.1. The van der Waals surface area contributed by atoms with Crippen LogP contribution < -0.4 is 5.32 Å². The SMILES string of the molecule is CC(CNC(=O)c1cccc(-n2cccc2)c1)N1CCCCC1. The summed E-state index contributed by atoms with van der Waals surface area (Å²) >= 11 is 0. The van der Waals surface area contributed by atoms with E-state index in [1.165, 1.54) is 19.3 Å². The Kier molecular flexibility index (Phi) is 5.13. The molecule has 1 fully saturated rings. The molecular weight excluding hydrogens is 286 g/mol. The van der Waals surface area contributed by atoms with Crippen LogP contribution in [0.3, 0.4) is 0 Å². The highest BCUT2D eigenvalue weighted by molar-refractivity contribution is 5.94. The van der Waals surface area contributed by atoms with E-state index in [1.54, 1.807) is 0 Å². The zero-order valence-electron chi connectivity index (χ0n) is 13.7. The van der Waals surface area contributed by atoms with E-state index in [2.05, 4.69) is 17.1 Å². The van der Waals surface area contributed by atoms with Crippen LogP contribution in [0.4, 0.5) is 0 Å². The standard InChI is InChI=1S/C19H25N3O/c1-16(21-10-3-2-4-11-21)15-20-19(23)17-8-7-9-18(14-17)22-12-5-6-13-22/h5-9,12-14,16H,2-4,10-11,15H2,1H3,(H,20,23). The molecule has 1 amide bonds. The molecule has 0 radical (unpaired) electrons. The number of carbonyl (C=O) groups excluding carboxylic acids is 1. The second kappa shape index (κ2) is 7.47. The van der Waals surface area contributed by atoms with Crippen molar-refractivity contribution in [2.24, 2.45) is 0 Å². The Morgan fingerprint density at radius 3 is 2.61 bits per heavy atom. The van der Waals surface area contributed by atoms with Crippen molar-refractivity contribution in [3.63, 3.8) is 0 Å². The van der Waals surface area contributed by atoms with E-state index in [4.69, 9.17) is 0 Å². The zero-order valence-corrected chi connectivity index (χ0v) is 13.7. The van der Waals surface area contributed by atoms with E-state index < -0.39 is 0 Å². The third kappa shape index (κ3) is 4.02. The lowest BCUT2D eigenvalue weighted by Gasteiger charge is -2.32. The van der Waals surface area contributed by atoms with Crippen molar-refractivity contribution in [3.05, 3.63) is 54.4 Å². The van der Waals surface area contributed by atoms with E-state index in [-0.39, 0.29) is 5.91 Å². The predicted octanol–water partition coefficient (Wildman–Crippen LogP) is 3.08. The molecule has 0 aliphatic carbocycles. The first-order valence-corrected chi connectivity index (χ1v) is 8.50. The van der Waals surface area contributed by atoms with Crippen LogP contribution in [0.1, 0.15) is 36.5 Å². The van der Waals surface area contributed by atoms with Crippen LogP contribution in [0.5, 0.6) is 0 Å². The van der Waals surface area contributed by atoms with Gasteiger partial charge < -0.3 is 9.88 Å². The van der Waals surface area contributed by atoms with Gasteiger partial charge in [-0.15, -0.1) is 0 Å². The molecule has 4 nitrogen and oxygen atoms in total. The number of benzene rings is 1. The number of rotatable bonds is 5. The van der Waals surface area contributed by atoms with Gasteiger partial charge in [-0.25, -0.2) is 0 Å². The van der Waals surface area contributed by atoms with Gasteiger partial charge in [-0.2, -0.15) is 0 Å². The Bertz CT molecular complexity index is 630. The summed E-state index contributed by atoms with van der Waals surface area (Å²) in [6.45, 7) is 5.20. The molecule has 0 saturated carbocycles. The normalized spacial score (nSPS) is 16.9. The molecule has 1 aromatic heterocycles. The van der Waals surface area contributed by atoms with E-state index in [9.17, 15) is 4.79 Å². The van der Waals surface area contributed by atoms with Crippen LogP contribution in [-0.4, -0.2) is 41.1 Å². The topological polar surface area (TPSA) is 37.3 Å². The van der Waals surface area contributed by atoms with Gasteiger partial charge in [0, 0.05) is 36.2 Å². The minimum atomic E-state index is 0.00265. The molecule has 1 aliphatic rings. The second-order valence-electron chi connectivity index (χ2n) is 6.30. The minimum Gasteiger partial charge on any atom is -0.350 e. The lowest BCUT2D eigenvalue weighted by molar-refractivity contribution is 0.0930. The summed E-state index contributed by atoms with van der Waals surface area (Å²) in [6.07, 6.45) is 7.85. The summed E-state index contributed by atoms with van der Waals surface area (Å²) in [7, 11) is 0. The Labute approximate surface area is 138 Å². The number of piperidine rings is 1. The molecular formula is C19H25N3O. The summed E-state index contributed by atoms with van der Waals surface area (Å²) in [5.41, 5.74) is 1.72. The van der Waals surface area contributed by atoms with Crippen molar-refractivity contribution in [1.29, 1.82) is 0 Å². The Hall–Kier alpha value is -2.07. The summed E-state index contributed by atoms with van der Waals surface area (Å²) < 4.78 is 2.01. The fourth-order valence-corrected chi connectivity index (χ4v) is 3.15. The Morgan fingerprint density at radius 2 is 1.87 bits per heavy atom. The smallest absolute Gasteiger partial charge is 0.251 e. The van der Waals surface area contributed by atoms with Gasteiger partial charge in [0.15, 0.2) is 0 Å². The van der Waals surface area contributed by atoms with Gasteiger partial charge in [0.2, 0.25) is 0 Å². The molecule has 0 spiro atoms. The molecule has 1 atom stereocenters. The molecule has 1 aliphatic heterocycles. The van der Waals surface area contributed by atoms with Crippen LogP contribution in [0.25, 0.3) is 5.69 Å². The number of aromatic nitrogens is 1. The van der Waals surface area contributed by atoms with Gasteiger partial charge in [-0.05, 0) is 63.2 Å². The maximum absolute atomic E-state index is 12.4. The van der Waals surface area contributed by atoms with Crippen molar-refractivity contribution >= 4 is 5.91 Å². The van der Waals surface area contributed by atoms with Crippen molar-refractivity contribution in [2.75, 3.05) is 19.6 Å². The van der Waals surface area contributed by atoms with E-state index in [0.717, 1.165) is 18.8 Å². The molecule has 3 rings (SSSR count). The Balaban J connectivity index is 1.59. The monoisotopic (exact) mass is 311 g/mol. The number of nitrogens with zero attached hydrogens (tertiary/aromatic N) is 2. The minimum absolute atomic E-state index is 0.00265. The van der Waals surface area contributed by atoms with Gasteiger partial charge in [-0.3, -0.25) is 9.69 Å². The number of nitrogens with one attached hydrogen (secondary N) is 1. The van der Waals surface area contributed by atoms with Crippen LogP contribution in [-0.2, 0) is 0 Å². The first-order chi connectivity index (χ1) is 11.2. The second-order valence-corrected chi connectivity index (χ2v) is 6.30. The highest BCUT2D eigenvalue weighted by Crippen LogP contribution is 2.13. The van der Waals surface area contributed by atoms with Crippen LogP contribution >= 0.6 is 0 Å². The molecule has 1 unspecified atom stereocenters. The average molecular weight is 311 g/mol. The van der Waals surface area contributed by atoms with Gasteiger partial charge in [0.25, 0.3) is 5.91 Å². The first kappa shape index (κ1) is 15.8. The Morgan fingerprint density at radius 1 is 1.13 bits per heavy atom. The first-order valence-electron chi connectivity index (χ1n) is 8.50. The van der Waals surface area contributed by atoms with Gasteiger partial charge in [-0.1, -0.05) is 12.5 Å². The zero-order chi connectivity index (χ0) is 16.1. The molecule has 2 aromatic rings. The number of amides is 1. The third-order valence-electron chi connectivity index (χ3n) is 4.58. The average Bonchev–Trinajstić information content (AvgIpc) is 3.15. The van der Waals surface area contributed by atoms with Crippen LogP contribution in [0.2, 0.25) is 0 Å². The van der Waals surface area contributed by atoms with Gasteiger partial charge in [0.1, 0.15) is 0 Å².